The first-order valence-electron chi connectivity index (χ1n) is 7.46. The molecule has 0 N–H and O–H groups in total. The molecule has 0 bridgehead atoms. The first kappa shape index (κ1) is 24.6. The molecule has 30 heavy (non-hydrogen) atoms. The van der Waals surface area contributed by atoms with E-state index in [2.05, 4.69) is 4.98 Å². The Hall–Kier alpha value is -0.0200. The van der Waals surface area contributed by atoms with Gasteiger partial charge in [-0.2, -0.15) is 5.26 Å². The highest BCUT2D eigenvalue weighted by atomic mass is 35.5. The van der Waals surface area contributed by atoms with E-state index >= 15 is 0 Å². The maximum atomic E-state index is 9.71. The van der Waals surface area contributed by atoms with Gasteiger partial charge in [-0.3, -0.25) is 4.98 Å². The van der Waals surface area contributed by atoms with E-state index in [9.17, 15) is 5.26 Å². The van der Waals surface area contributed by atoms with Crippen LogP contribution in [0.3, 0.4) is 0 Å². The van der Waals surface area contributed by atoms with Gasteiger partial charge in [0, 0.05) is 22.9 Å². The highest BCUT2D eigenvalue weighted by molar-refractivity contribution is 6.57. The number of halogens is 10. The van der Waals surface area contributed by atoms with E-state index in [0.29, 0.717) is 5.56 Å². The van der Waals surface area contributed by atoms with Crippen LogP contribution >= 0.6 is 116 Å². The van der Waals surface area contributed by atoms with Gasteiger partial charge in [-0.25, -0.2) is 0 Å². The molecule has 0 saturated carbocycles. The van der Waals surface area contributed by atoms with Crippen LogP contribution in [0.2, 0.25) is 50.2 Å². The lowest BCUT2D eigenvalue weighted by atomic mass is 10.0. The van der Waals surface area contributed by atoms with Gasteiger partial charge < -0.3 is 0 Å². The zero-order valence-corrected chi connectivity index (χ0v) is 21.4. The summed E-state index contributed by atoms with van der Waals surface area (Å²) in [4.78, 5) is 4.31. The molecule has 3 rings (SSSR count). The predicted molar refractivity (Wildman–Crippen MR) is 130 cm³/mol. The molecule has 0 fully saturated rings. The zero-order valence-electron chi connectivity index (χ0n) is 13.8. The Labute approximate surface area is 221 Å². The number of pyridine rings is 1. The van der Waals surface area contributed by atoms with E-state index in [1.807, 2.05) is 6.07 Å². The summed E-state index contributed by atoms with van der Waals surface area (Å²) in [7, 11) is 0. The third-order valence-electron chi connectivity index (χ3n) is 3.95. The highest BCUT2D eigenvalue weighted by Crippen LogP contribution is 2.50. The number of hydrogen-bond donors (Lipinski definition) is 0. The Bertz CT molecular complexity index is 1210. The largest absolute Gasteiger partial charge is 0.254 e. The van der Waals surface area contributed by atoms with Gasteiger partial charge in [0.1, 0.15) is 6.07 Å². The van der Waals surface area contributed by atoms with Gasteiger partial charge in [0.25, 0.3) is 0 Å². The molecule has 0 aliphatic heterocycles. The standard InChI is InChI=1S/C18H2Cl10N2/c19-8-6(9(20)13(24)16(27)12(8)23)5-1-4(2-29)18(30-3-5)7-10(21)14(25)17(28)15(26)11(7)22/h1,3H. The van der Waals surface area contributed by atoms with E-state index in [-0.39, 0.29) is 72.6 Å². The number of hydrogen-bond acceptors (Lipinski definition) is 2. The Morgan fingerprint density at radius 2 is 0.933 bits per heavy atom. The van der Waals surface area contributed by atoms with E-state index in [0.717, 1.165) is 0 Å². The lowest BCUT2D eigenvalue weighted by Crippen LogP contribution is -1.96. The third kappa shape index (κ3) is 4.04. The number of nitriles is 1. The summed E-state index contributed by atoms with van der Waals surface area (Å²) >= 11 is 61.8. The minimum Gasteiger partial charge on any atom is -0.254 e. The minimum absolute atomic E-state index is 0.00572. The Morgan fingerprint density at radius 3 is 1.33 bits per heavy atom. The lowest BCUT2D eigenvalue weighted by Gasteiger charge is -2.15. The van der Waals surface area contributed by atoms with Crippen molar-refractivity contribution in [2.45, 2.75) is 0 Å². The monoisotopic (exact) mass is 596 g/mol. The average Bonchev–Trinajstić information content (AvgIpc) is 2.74. The van der Waals surface area contributed by atoms with Crippen LogP contribution in [0, 0.1) is 11.3 Å². The number of nitrogens with zero attached hydrogens (tertiary/aromatic N) is 2. The molecular weight excluding hydrogens is 599 g/mol. The molecule has 0 radical (unpaired) electrons. The first-order chi connectivity index (χ1) is 14.0. The summed E-state index contributed by atoms with van der Waals surface area (Å²) in [5.74, 6) is 0. The molecule has 1 aromatic heterocycles. The Morgan fingerprint density at radius 1 is 0.567 bits per heavy atom. The molecule has 2 aromatic carbocycles. The van der Waals surface area contributed by atoms with Crippen LogP contribution in [0.25, 0.3) is 22.4 Å². The maximum Gasteiger partial charge on any atom is 0.101 e. The van der Waals surface area contributed by atoms with Crippen molar-refractivity contribution in [2.75, 3.05) is 0 Å². The van der Waals surface area contributed by atoms with Gasteiger partial charge >= 0.3 is 0 Å². The van der Waals surface area contributed by atoms with E-state index in [1.165, 1.54) is 12.3 Å². The molecule has 0 unspecified atom stereocenters. The fourth-order valence-electron chi connectivity index (χ4n) is 2.56. The SMILES string of the molecule is N#Cc1cc(-c2c(Cl)c(Cl)c(Cl)c(Cl)c2Cl)cnc1-c1c(Cl)c(Cl)c(Cl)c(Cl)c1Cl. The topological polar surface area (TPSA) is 36.7 Å². The molecule has 12 heteroatoms. The van der Waals surface area contributed by atoms with Crippen LogP contribution in [-0.2, 0) is 0 Å². The van der Waals surface area contributed by atoms with Crippen molar-refractivity contribution >= 4 is 116 Å². The van der Waals surface area contributed by atoms with Crippen LogP contribution in [0.15, 0.2) is 12.3 Å². The van der Waals surface area contributed by atoms with E-state index in [4.69, 9.17) is 116 Å². The minimum atomic E-state index is -0.0279. The molecule has 0 aliphatic carbocycles. The summed E-state index contributed by atoms with van der Waals surface area (Å²) in [6, 6.07) is 3.47. The molecule has 1 heterocycles. The van der Waals surface area contributed by atoms with Crippen LogP contribution in [0.1, 0.15) is 5.56 Å². The molecule has 0 saturated heterocycles. The van der Waals surface area contributed by atoms with E-state index in [1.54, 1.807) is 0 Å². The quantitative estimate of drug-likeness (QED) is 0.217. The lowest BCUT2D eigenvalue weighted by molar-refractivity contribution is 1.30. The summed E-state index contributed by atoms with van der Waals surface area (Å²) in [5.41, 5.74) is 0.933. The molecule has 154 valence electrons. The number of aromatic nitrogens is 1. The van der Waals surface area contributed by atoms with Crippen molar-refractivity contribution < 1.29 is 0 Å². The van der Waals surface area contributed by atoms with Gasteiger partial charge in [-0.1, -0.05) is 116 Å². The predicted octanol–water partition coefficient (Wildman–Crippen LogP) is 10.8. The van der Waals surface area contributed by atoms with Gasteiger partial charge in [0.05, 0.1) is 61.5 Å². The van der Waals surface area contributed by atoms with Crippen molar-refractivity contribution in [3.8, 4) is 28.5 Å². The second-order valence-electron chi connectivity index (χ2n) is 5.62. The maximum absolute atomic E-state index is 9.71. The van der Waals surface area contributed by atoms with Crippen molar-refractivity contribution in [1.82, 2.24) is 4.98 Å². The van der Waals surface area contributed by atoms with Crippen LogP contribution in [0.5, 0.6) is 0 Å². The highest BCUT2D eigenvalue weighted by Gasteiger charge is 2.25. The van der Waals surface area contributed by atoms with Crippen LogP contribution in [-0.4, -0.2) is 4.98 Å². The van der Waals surface area contributed by atoms with Gasteiger partial charge in [-0.05, 0) is 6.07 Å². The van der Waals surface area contributed by atoms with Crippen molar-refractivity contribution in [3.05, 3.63) is 68.1 Å². The van der Waals surface area contributed by atoms with Crippen molar-refractivity contribution in [2.24, 2.45) is 0 Å². The van der Waals surface area contributed by atoms with Gasteiger partial charge in [0.2, 0.25) is 0 Å². The molecular formula is C18H2Cl10N2. The zero-order chi connectivity index (χ0) is 22.5. The third-order valence-corrected chi connectivity index (χ3v) is 8.51. The smallest absolute Gasteiger partial charge is 0.101 e. The second kappa shape index (κ2) is 9.46. The van der Waals surface area contributed by atoms with Gasteiger partial charge in [0.15, 0.2) is 0 Å². The molecule has 0 amide bonds. The van der Waals surface area contributed by atoms with Gasteiger partial charge in [-0.15, -0.1) is 0 Å². The van der Waals surface area contributed by atoms with Crippen LogP contribution < -0.4 is 0 Å². The second-order valence-corrected chi connectivity index (χ2v) is 9.40. The fourth-order valence-corrected chi connectivity index (χ4v) is 5.23. The summed E-state index contributed by atoms with van der Waals surface area (Å²) in [6.45, 7) is 0. The average molecular weight is 601 g/mol. The van der Waals surface area contributed by atoms with E-state index < -0.39 is 0 Å². The normalized spacial score (nSPS) is 11.0. The summed E-state index contributed by atoms with van der Waals surface area (Å²) < 4.78 is 0. The molecule has 3 aromatic rings. The fraction of sp³-hybridized carbons (Fsp3) is 0. The molecule has 0 spiro atoms. The molecule has 0 aliphatic rings. The first-order valence-corrected chi connectivity index (χ1v) is 11.2. The molecule has 2 nitrogen and oxygen atoms in total. The van der Waals surface area contributed by atoms with Crippen molar-refractivity contribution in [3.63, 3.8) is 0 Å². The number of rotatable bonds is 2. The Balaban J connectivity index is 2.33. The summed E-state index contributed by atoms with van der Waals surface area (Å²) in [5, 5.41) is 9.72. The number of benzene rings is 2. The van der Waals surface area contributed by atoms with Crippen molar-refractivity contribution in [1.29, 1.82) is 5.26 Å². The Kier molecular flexibility index (Phi) is 7.76. The summed E-state index contributed by atoms with van der Waals surface area (Å²) in [6.07, 6.45) is 1.38. The van der Waals surface area contributed by atoms with Crippen LogP contribution in [0.4, 0.5) is 0 Å². The molecule has 0 atom stereocenters.